The fourth-order valence-electron chi connectivity index (χ4n) is 2.45. The van der Waals surface area contributed by atoms with Crippen molar-refractivity contribution in [3.8, 4) is 0 Å². The molecule has 4 nitrogen and oxygen atoms in total. The number of hydrogen-bond acceptors (Lipinski definition) is 4. The molecule has 0 saturated carbocycles. The molecule has 1 unspecified atom stereocenters. The lowest BCUT2D eigenvalue weighted by molar-refractivity contribution is 0.269. The molecule has 1 aliphatic rings. The van der Waals surface area contributed by atoms with Gasteiger partial charge in [-0.15, -0.1) is 0 Å². The third-order valence-corrected chi connectivity index (χ3v) is 3.96. The van der Waals surface area contributed by atoms with Gasteiger partial charge in [0.25, 0.3) is 0 Å². The van der Waals surface area contributed by atoms with Gasteiger partial charge in [-0.3, -0.25) is 4.90 Å². The third-order valence-electron chi connectivity index (χ3n) is 3.56. The van der Waals surface area contributed by atoms with Crippen LogP contribution in [0.4, 0.5) is 5.82 Å². The van der Waals surface area contributed by atoms with Crippen LogP contribution in [-0.4, -0.2) is 40.5 Å². The van der Waals surface area contributed by atoms with Crippen molar-refractivity contribution in [3.63, 3.8) is 0 Å². The number of aromatic nitrogens is 2. The summed E-state index contributed by atoms with van der Waals surface area (Å²) in [6.07, 6.45) is 4.67. The van der Waals surface area contributed by atoms with Gasteiger partial charge in [0.2, 0.25) is 0 Å². The predicted octanol–water partition coefficient (Wildman–Crippen LogP) is 3.09. The summed E-state index contributed by atoms with van der Waals surface area (Å²) in [6, 6.07) is 2.52. The molecule has 0 aliphatic carbocycles. The number of anilines is 1. The number of aryl methyl sites for hydroxylation is 1. The van der Waals surface area contributed by atoms with Crippen molar-refractivity contribution in [1.29, 1.82) is 0 Å². The van der Waals surface area contributed by atoms with Crippen LogP contribution in [0.1, 0.15) is 38.9 Å². The molecule has 1 saturated heterocycles. The van der Waals surface area contributed by atoms with E-state index in [2.05, 4.69) is 50.0 Å². The van der Waals surface area contributed by atoms with Gasteiger partial charge in [0, 0.05) is 25.1 Å². The van der Waals surface area contributed by atoms with Gasteiger partial charge in [-0.05, 0) is 55.2 Å². The summed E-state index contributed by atoms with van der Waals surface area (Å²) in [5, 5.41) is 3.44. The molecule has 1 N–H and O–H groups in total. The van der Waals surface area contributed by atoms with Crippen LogP contribution in [0.25, 0.3) is 0 Å². The fourth-order valence-corrected chi connectivity index (χ4v) is 2.88. The van der Waals surface area contributed by atoms with Crippen LogP contribution in [0, 0.1) is 0 Å². The lowest BCUT2D eigenvalue weighted by atomic mass is 10.3. The smallest absolute Gasteiger partial charge is 0.132 e. The van der Waals surface area contributed by atoms with Gasteiger partial charge in [-0.25, -0.2) is 9.97 Å². The molecule has 0 bridgehead atoms. The minimum Gasteiger partial charge on any atom is -0.368 e. The van der Waals surface area contributed by atoms with Crippen LogP contribution in [0.5, 0.6) is 0 Å². The topological polar surface area (TPSA) is 41.1 Å². The molecule has 0 aromatic carbocycles. The average Bonchev–Trinajstić information content (AvgIpc) is 2.89. The Morgan fingerprint density at radius 1 is 1.37 bits per heavy atom. The highest BCUT2D eigenvalue weighted by atomic mass is 79.9. The summed E-state index contributed by atoms with van der Waals surface area (Å²) < 4.78 is 0.863. The largest absolute Gasteiger partial charge is 0.368 e. The fraction of sp³-hybridized carbons (Fsp3) is 0.714. The van der Waals surface area contributed by atoms with Gasteiger partial charge in [0.1, 0.15) is 16.2 Å². The second kappa shape index (κ2) is 7.20. The van der Waals surface area contributed by atoms with E-state index in [4.69, 9.17) is 0 Å². The van der Waals surface area contributed by atoms with Crippen molar-refractivity contribution in [2.24, 2.45) is 0 Å². The summed E-state index contributed by atoms with van der Waals surface area (Å²) in [7, 11) is 0. The third kappa shape index (κ3) is 4.42. The van der Waals surface area contributed by atoms with E-state index in [-0.39, 0.29) is 0 Å². The predicted molar refractivity (Wildman–Crippen MR) is 82.5 cm³/mol. The molecule has 2 heterocycles. The maximum absolute atomic E-state index is 4.55. The molecule has 1 aromatic rings. The molecule has 106 valence electrons. The molecular formula is C14H23BrN4. The van der Waals surface area contributed by atoms with E-state index in [1.165, 1.54) is 25.9 Å². The first-order chi connectivity index (χ1) is 9.19. The van der Waals surface area contributed by atoms with E-state index < -0.39 is 0 Å². The second-order valence-electron chi connectivity index (χ2n) is 5.22. The normalized spacial score (nSPS) is 17.6. The zero-order valence-electron chi connectivity index (χ0n) is 11.8. The summed E-state index contributed by atoms with van der Waals surface area (Å²) in [5.41, 5.74) is 0. The standard InChI is InChI=1S/C14H23BrN4/c1-3-6-13-17-12(15)9-14(18-13)16-10-11(2)19-7-4-5-8-19/h9,11H,3-8,10H2,1-2H3,(H,16,17,18). The lowest BCUT2D eigenvalue weighted by Crippen LogP contribution is -2.35. The highest BCUT2D eigenvalue weighted by molar-refractivity contribution is 9.10. The van der Waals surface area contributed by atoms with E-state index in [1.54, 1.807) is 0 Å². The molecule has 1 atom stereocenters. The van der Waals surface area contributed by atoms with Crippen LogP contribution >= 0.6 is 15.9 Å². The van der Waals surface area contributed by atoms with Gasteiger partial charge < -0.3 is 5.32 Å². The first kappa shape index (κ1) is 14.7. The number of nitrogens with zero attached hydrogens (tertiary/aromatic N) is 3. The molecule has 0 amide bonds. The van der Waals surface area contributed by atoms with Crippen LogP contribution in [0.3, 0.4) is 0 Å². The van der Waals surface area contributed by atoms with E-state index in [9.17, 15) is 0 Å². The van der Waals surface area contributed by atoms with Gasteiger partial charge >= 0.3 is 0 Å². The minimum absolute atomic E-state index is 0.561. The molecule has 19 heavy (non-hydrogen) atoms. The van der Waals surface area contributed by atoms with Crippen molar-refractivity contribution >= 4 is 21.7 Å². The quantitative estimate of drug-likeness (QED) is 0.815. The first-order valence-corrected chi connectivity index (χ1v) is 7.99. The lowest BCUT2D eigenvalue weighted by Gasteiger charge is -2.24. The van der Waals surface area contributed by atoms with Crippen molar-refractivity contribution < 1.29 is 0 Å². The number of rotatable bonds is 6. The number of nitrogens with one attached hydrogen (secondary N) is 1. The minimum atomic E-state index is 0.561. The van der Waals surface area contributed by atoms with Crippen LogP contribution < -0.4 is 5.32 Å². The number of halogens is 1. The highest BCUT2D eigenvalue weighted by Crippen LogP contribution is 2.15. The highest BCUT2D eigenvalue weighted by Gasteiger charge is 2.17. The van der Waals surface area contributed by atoms with Crippen molar-refractivity contribution in [2.45, 2.75) is 45.6 Å². The zero-order chi connectivity index (χ0) is 13.7. The molecule has 1 aliphatic heterocycles. The Morgan fingerprint density at radius 3 is 2.79 bits per heavy atom. The average molecular weight is 327 g/mol. The molecular weight excluding hydrogens is 304 g/mol. The Hall–Kier alpha value is -0.680. The van der Waals surface area contributed by atoms with E-state index >= 15 is 0 Å². The molecule has 1 fully saturated rings. The molecule has 0 spiro atoms. The molecule has 2 rings (SSSR count). The van der Waals surface area contributed by atoms with E-state index in [1.807, 2.05) is 6.07 Å². The summed E-state index contributed by atoms with van der Waals surface area (Å²) in [6.45, 7) is 7.83. The Kier molecular flexibility index (Phi) is 5.58. The SMILES string of the molecule is CCCc1nc(Br)cc(NCC(C)N2CCCC2)n1. The molecule has 0 radical (unpaired) electrons. The van der Waals surface area contributed by atoms with Gasteiger partial charge in [-0.2, -0.15) is 0 Å². The monoisotopic (exact) mass is 326 g/mol. The van der Waals surface area contributed by atoms with Crippen molar-refractivity contribution in [3.05, 3.63) is 16.5 Å². The second-order valence-corrected chi connectivity index (χ2v) is 6.03. The van der Waals surface area contributed by atoms with Crippen LogP contribution in [0.15, 0.2) is 10.7 Å². The molecule has 1 aromatic heterocycles. The molecule has 5 heteroatoms. The number of likely N-dealkylation sites (tertiary alicyclic amines) is 1. The van der Waals surface area contributed by atoms with Crippen LogP contribution in [-0.2, 0) is 6.42 Å². The maximum Gasteiger partial charge on any atom is 0.132 e. The zero-order valence-corrected chi connectivity index (χ0v) is 13.4. The van der Waals surface area contributed by atoms with Gasteiger partial charge in [0.15, 0.2) is 0 Å². The Labute approximate surface area is 124 Å². The van der Waals surface area contributed by atoms with Crippen LogP contribution in [0.2, 0.25) is 0 Å². The van der Waals surface area contributed by atoms with Crippen molar-refractivity contribution in [2.75, 3.05) is 25.0 Å². The first-order valence-electron chi connectivity index (χ1n) is 7.20. The van der Waals surface area contributed by atoms with Crippen molar-refractivity contribution in [1.82, 2.24) is 14.9 Å². The summed E-state index contributed by atoms with van der Waals surface area (Å²) in [4.78, 5) is 11.5. The maximum atomic E-state index is 4.55. The van der Waals surface area contributed by atoms with Gasteiger partial charge in [-0.1, -0.05) is 6.92 Å². The van der Waals surface area contributed by atoms with E-state index in [0.717, 1.165) is 35.6 Å². The number of hydrogen-bond donors (Lipinski definition) is 1. The summed E-state index contributed by atoms with van der Waals surface area (Å²) >= 11 is 3.45. The Bertz CT molecular complexity index is 404. The summed E-state index contributed by atoms with van der Waals surface area (Å²) in [5.74, 6) is 1.84. The van der Waals surface area contributed by atoms with Gasteiger partial charge in [0.05, 0.1) is 0 Å². The Morgan fingerprint density at radius 2 is 2.11 bits per heavy atom. The Balaban J connectivity index is 1.90. The van der Waals surface area contributed by atoms with E-state index in [0.29, 0.717) is 6.04 Å².